The standard InChI is InChI=1S/C8H12N2O/c1-7-3-2-4-8(11)10(7)6-5-9/h2-4H,5-6,9H2,1H3. The van der Waals surface area contributed by atoms with Gasteiger partial charge in [0.25, 0.3) is 5.56 Å². The van der Waals surface area contributed by atoms with E-state index < -0.39 is 0 Å². The van der Waals surface area contributed by atoms with Crippen LogP contribution in [0.3, 0.4) is 0 Å². The summed E-state index contributed by atoms with van der Waals surface area (Å²) in [7, 11) is 0. The molecule has 0 radical (unpaired) electrons. The number of aromatic nitrogens is 1. The lowest BCUT2D eigenvalue weighted by Gasteiger charge is -2.05. The summed E-state index contributed by atoms with van der Waals surface area (Å²) in [6, 6.07) is 5.20. The van der Waals surface area contributed by atoms with Crippen molar-refractivity contribution < 1.29 is 0 Å². The average molecular weight is 152 g/mol. The van der Waals surface area contributed by atoms with E-state index in [2.05, 4.69) is 0 Å². The van der Waals surface area contributed by atoms with Gasteiger partial charge in [-0.2, -0.15) is 0 Å². The van der Waals surface area contributed by atoms with Gasteiger partial charge in [0.2, 0.25) is 0 Å². The van der Waals surface area contributed by atoms with Gasteiger partial charge in [0.15, 0.2) is 0 Å². The van der Waals surface area contributed by atoms with E-state index in [1.807, 2.05) is 13.0 Å². The number of hydrogen-bond acceptors (Lipinski definition) is 2. The van der Waals surface area contributed by atoms with Crippen LogP contribution in [0.1, 0.15) is 5.69 Å². The highest BCUT2D eigenvalue weighted by Crippen LogP contribution is 1.91. The predicted molar refractivity (Wildman–Crippen MR) is 44.5 cm³/mol. The van der Waals surface area contributed by atoms with E-state index in [1.165, 1.54) is 0 Å². The van der Waals surface area contributed by atoms with E-state index in [4.69, 9.17) is 5.73 Å². The molecular weight excluding hydrogens is 140 g/mol. The van der Waals surface area contributed by atoms with Gasteiger partial charge in [-0.05, 0) is 13.0 Å². The number of nitrogens with zero attached hydrogens (tertiary/aromatic N) is 1. The SMILES string of the molecule is Cc1cccc(=O)n1CCN. The Morgan fingerprint density at radius 1 is 1.55 bits per heavy atom. The molecule has 2 N–H and O–H groups in total. The first-order valence-electron chi connectivity index (χ1n) is 3.62. The number of pyridine rings is 1. The maximum atomic E-state index is 11.1. The normalized spacial score (nSPS) is 10.0. The van der Waals surface area contributed by atoms with Gasteiger partial charge in [-0.1, -0.05) is 6.07 Å². The van der Waals surface area contributed by atoms with Crippen molar-refractivity contribution in [3.63, 3.8) is 0 Å². The van der Waals surface area contributed by atoms with E-state index >= 15 is 0 Å². The van der Waals surface area contributed by atoms with Crippen LogP contribution in [0.15, 0.2) is 23.0 Å². The molecule has 0 aliphatic carbocycles. The van der Waals surface area contributed by atoms with Crippen LogP contribution >= 0.6 is 0 Å². The quantitative estimate of drug-likeness (QED) is 0.654. The van der Waals surface area contributed by atoms with Crippen molar-refractivity contribution in [1.82, 2.24) is 4.57 Å². The molecule has 1 heterocycles. The number of hydrogen-bond donors (Lipinski definition) is 1. The molecule has 0 aromatic carbocycles. The van der Waals surface area contributed by atoms with E-state index in [0.29, 0.717) is 13.1 Å². The van der Waals surface area contributed by atoms with Gasteiger partial charge in [0.05, 0.1) is 0 Å². The fourth-order valence-electron chi connectivity index (χ4n) is 1.04. The number of nitrogens with two attached hydrogens (primary N) is 1. The molecule has 0 aliphatic heterocycles. The molecule has 1 rings (SSSR count). The summed E-state index contributed by atoms with van der Waals surface area (Å²) >= 11 is 0. The molecule has 0 unspecified atom stereocenters. The first kappa shape index (κ1) is 8.01. The van der Waals surface area contributed by atoms with Crippen LogP contribution < -0.4 is 11.3 Å². The highest BCUT2D eigenvalue weighted by molar-refractivity contribution is 5.04. The van der Waals surface area contributed by atoms with Crippen molar-refractivity contribution in [3.8, 4) is 0 Å². The second kappa shape index (κ2) is 3.34. The summed E-state index contributed by atoms with van der Waals surface area (Å²) in [5.41, 5.74) is 6.32. The molecular formula is C8H12N2O. The van der Waals surface area contributed by atoms with Crippen LogP contribution in [0.5, 0.6) is 0 Å². The third kappa shape index (κ3) is 1.68. The zero-order chi connectivity index (χ0) is 8.27. The fourth-order valence-corrected chi connectivity index (χ4v) is 1.04. The van der Waals surface area contributed by atoms with Crippen LogP contribution in [-0.2, 0) is 6.54 Å². The van der Waals surface area contributed by atoms with Crippen LogP contribution in [0.4, 0.5) is 0 Å². The van der Waals surface area contributed by atoms with Gasteiger partial charge in [-0.3, -0.25) is 4.79 Å². The highest BCUT2D eigenvalue weighted by atomic mass is 16.1. The minimum atomic E-state index is 0.0236. The molecule has 0 aliphatic rings. The Bertz CT molecular complexity index is 290. The molecule has 0 spiro atoms. The summed E-state index contributed by atoms with van der Waals surface area (Å²) in [6.45, 7) is 3.01. The zero-order valence-corrected chi connectivity index (χ0v) is 6.58. The Kier molecular flexibility index (Phi) is 2.44. The third-order valence-electron chi connectivity index (χ3n) is 1.62. The first-order chi connectivity index (χ1) is 5.25. The molecule has 60 valence electrons. The molecule has 3 nitrogen and oxygen atoms in total. The first-order valence-corrected chi connectivity index (χ1v) is 3.62. The van der Waals surface area contributed by atoms with Crippen LogP contribution in [0.2, 0.25) is 0 Å². The molecule has 0 amide bonds. The summed E-state index contributed by atoms with van der Waals surface area (Å²) in [4.78, 5) is 11.1. The molecule has 0 bridgehead atoms. The predicted octanol–water partition coefficient (Wildman–Crippen LogP) is 0.115. The van der Waals surface area contributed by atoms with Gasteiger partial charge < -0.3 is 10.3 Å². The van der Waals surface area contributed by atoms with Gasteiger partial charge >= 0.3 is 0 Å². The van der Waals surface area contributed by atoms with E-state index in [1.54, 1.807) is 16.7 Å². The van der Waals surface area contributed by atoms with Crippen LogP contribution in [0, 0.1) is 6.92 Å². The molecule has 3 heteroatoms. The van der Waals surface area contributed by atoms with Crippen molar-refractivity contribution in [2.24, 2.45) is 5.73 Å². The Balaban J connectivity index is 3.10. The van der Waals surface area contributed by atoms with Crippen molar-refractivity contribution in [2.75, 3.05) is 6.54 Å². The van der Waals surface area contributed by atoms with Gasteiger partial charge in [-0.15, -0.1) is 0 Å². The van der Waals surface area contributed by atoms with Gasteiger partial charge in [-0.25, -0.2) is 0 Å². The lowest BCUT2D eigenvalue weighted by molar-refractivity contribution is 0.660. The molecule has 0 fully saturated rings. The minimum Gasteiger partial charge on any atom is -0.329 e. The highest BCUT2D eigenvalue weighted by Gasteiger charge is 1.95. The third-order valence-corrected chi connectivity index (χ3v) is 1.62. The van der Waals surface area contributed by atoms with E-state index in [9.17, 15) is 4.79 Å². The average Bonchev–Trinajstić information content (AvgIpc) is 1.97. The Morgan fingerprint density at radius 2 is 2.27 bits per heavy atom. The van der Waals surface area contributed by atoms with Crippen molar-refractivity contribution >= 4 is 0 Å². The van der Waals surface area contributed by atoms with E-state index in [0.717, 1.165) is 5.69 Å². The molecule has 0 saturated heterocycles. The summed E-state index contributed by atoms with van der Waals surface area (Å²) in [5.74, 6) is 0. The fraction of sp³-hybridized carbons (Fsp3) is 0.375. The lowest BCUT2D eigenvalue weighted by atomic mass is 10.3. The van der Waals surface area contributed by atoms with Crippen molar-refractivity contribution in [1.29, 1.82) is 0 Å². The lowest BCUT2D eigenvalue weighted by Crippen LogP contribution is -2.24. The Labute approximate surface area is 65.5 Å². The van der Waals surface area contributed by atoms with Gasteiger partial charge in [0.1, 0.15) is 0 Å². The summed E-state index contributed by atoms with van der Waals surface area (Å²) in [6.07, 6.45) is 0. The Hall–Kier alpha value is -1.09. The summed E-state index contributed by atoms with van der Waals surface area (Å²) < 4.78 is 1.67. The van der Waals surface area contributed by atoms with Crippen LogP contribution in [0.25, 0.3) is 0 Å². The monoisotopic (exact) mass is 152 g/mol. The number of aryl methyl sites for hydroxylation is 1. The maximum absolute atomic E-state index is 11.1. The van der Waals surface area contributed by atoms with Crippen molar-refractivity contribution in [3.05, 3.63) is 34.2 Å². The van der Waals surface area contributed by atoms with Gasteiger partial charge in [0, 0.05) is 24.8 Å². The molecule has 1 aromatic rings. The second-order valence-corrected chi connectivity index (χ2v) is 2.45. The second-order valence-electron chi connectivity index (χ2n) is 2.45. The summed E-state index contributed by atoms with van der Waals surface area (Å²) in [5, 5.41) is 0. The minimum absolute atomic E-state index is 0.0236. The number of rotatable bonds is 2. The molecule has 0 saturated carbocycles. The maximum Gasteiger partial charge on any atom is 0.250 e. The molecule has 0 atom stereocenters. The topological polar surface area (TPSA) is 48.0 Å². The van der Waals surface area contributed by atoms with E-state index in [-0.39, 0.29) is 5.56 Å². The smallest absolute Gasteiger partial charge is 0.250 e. The zero-order valence-electron chi connectivity index (χ0n) is 6.58. The van der Waals surface area contributed by atoms with Crippen LogP contribution in [-0.4, -0.2) is 11.1 Å². The molecule has 11 heavy (non-hydrogen) atoms. The van der Waals surface area contributed by atoms with Crippen molar-refractivity contribution in [2.45, 2.75) is 13.5 Å². The molecule has 1 aromatic heterocycles. The largest absolute Gasteiger partial charge is 0.329 e. The Morgan fingerprint density at radius 3 is 2.82 bits per heavy atom.